The molecule has 1 saturated heterocycles. The fourth-order valence-corrected chi connectivity index (χ4v) is 2.59. The van der Waals surface area contributed by atoms with Gasteiger partial charge in [0.15, 0.2) is 0 Å². The molecule has 0 bridgehead atoms. The van der Waals surface area contributed by atoms with Gasteiger partial charge >= 0.3 is 6.03 Å². The van der Waals surface area contributed by atoms with Crippen molar-refractivity contribution in [2.75, 3.05) is 19.6 Å². The zero-order chi connectivity index (χ0) is 13.7. The maximum Gasteiger partial charge on any atom is 0.321 e. The standard InChI is InChI=1S/C13H24N4O2/c14-7-6-11-3-1-2-8-17(11)9-12(18)16-13(19)15-10-4-5-10/h10-11H,1-9,14H2,(H2,15,16,18,19). The van der Waals surface area contributed by atoms with E-state index in [1.165, 1.54) is 6.42 Å². The predicted molar refractivity (Wildman–Crippen MR) is 72.6 cm³/mol. The van der Waals surface area contributed by atoms with Crippen LogP contribution in [0.15, 0.2) is 0 Å². The van der Waals surface area contributed by atoms with E-state index in [4.69, 9.17) is 5.73 Å². The Hall–Kier alpha value is -1.14. The third-order valence-electron chi connectivity index (χ3n) is 3.76. The molecule has 0 aromatic carbocycles. The number of urea groups is 1. The number of carbonyl (C=O) groups excluding carboxylic acids is 2. The van der Waals surface area contributed by atoms with Crippen LogP contribution in [0.5, 0.6) is 0 Å². The van der Waals surface area contributed by atoms with Crippen molar-refractivity contribution >= 4 is 11.9 Å². The highest BCUT2D eigenvalue weighted by Crippen LogP contribution is 2.19. The van der Waals surface area contributed by atoms with Crippen molar-refractivity contribution in [2.45, 2.75) is 50.6 Å². The van der Waals surface area contributed by atoms with Crippen molar-refractivity contribution in [3.05, 3.63) is 0 Å². The summed E-state index contributed by atoms with van der Waals surface area (Å²) in [6.45, 7) is 1.86. The van der Waals surface area contributed by atoms with Crippen LogP contribution in [0.2, 0.25) is 0 Å². The van der Waals surface area contributed by atoms with E-state index in [0.29, 0.717) is 19.1 Å². The lowest BCUT2D eigenvalue weighted by molar-refractivity contribution is -0.122. The Morgan fingerprint density at radius 3 is 2.68 bits per heavy atom. The second-order valence-corrected chi connectivity index (χ2v) is 5.49. The molecule has 0 aromatic heterocycles. The van der Waals surface area contributed by atoms with E-state index in [0.717, 1.165) is 38.6 Å². The molecule has 6 nitrogen and oxygen atoms in total. The van der Waals surface area contributed by atoms with Gasteiger partial charge in [0.25, 0.3) is 0 Å². The molecular weight excluding hydrogens is 244 g/mol. The third kappa shape index (κ3) is 4.80. The number of hydrogen-bond donors (Lipinski definition) is 3. The fraction of sp³-hybridized carbons (Fsp3) is 0.846. The molecule has 0 radical (unpaired) electrons. The summed E-state index contributed by atoms with van der Waals surface area (Å²) in [5, 5.41) is 5.15. The van der Waals surface area contributed by atoms with Gasteiger partial charge < -0.3 is 11.1 Å². The van der Waals surface area contributed by atoms with Gasteiger partial charge in [0.2, 0.25) is 5.91 Å². The SMILES string of the molecule is NCCC1CCCCN1CC(=O)NC(=O)NC1CC1. The molecule has 19 heavy (non-hydrogen) atoms. The second-order valence-electron chi connectivity index (χ2n) is 5.49. The summed E-state index contributed by atoms with van der Waals surface area (Å²) in [6.07, 6.45) is 6.37. The van der Waals surface area contributed by atoms with Crippen molar-refractivity contribution in [2.24, 2.45) is 5.73 Å². The first-order valence-corrected chi connectivity index (χ1v) is 7.23. The van der Waals surface area contributed by atoms with Crippen LogP contribution < -0.4 is 16.4 Å². The Labute approximate surface area is 114 Å². The average Bonchev–Trinajstić information content (AvgIpc) is 3.15. The molecule has 1 aliphatic carbocycles. The number of carbonyl (C=O) groups is 2. The Balaban J connectivity index is 1.73. The molecule has 6 heteroatoms. The lowest BCUT2D eigenvalue weighted by Gasteiger charge is -2.34. The van der Waals surface area contributed by atoms with Gasteiger partial charge in [-0.3, -0.25) is 15.0 Å². The summed E-state index contributed by atoms with van der Waals surface area (Å²) < 4.78 is 0. The van der Waals surface area contributed by atoms with Gasteiger partial charge in [-0.05, 0) is 45.2 Å². The minimum absolute atomic E-state index is 0.220. The summed E-state index contributed by atoms with van der Waals surface area (Å²) in [4.78, 5) is 25.4. The minimum atomic E-state index is -0.361. The van der Waals surface area contributed by atoms with Crippen LogP contribution in [0.1, 0.15) is 38.5 Å². The van der Waals surface area contributed by atoms with Crippen LogP contribution >= 0.6 is 0 Å². The van der Waals surface area contributed by atoms with E-state index in [-0.39, 0.29) is 18.0 Å². The highest BCUT2D eigenvalue weighted by atomic mass is 16.2. The molecule has 0 aromatic rings. The molecule has 2 aliphatic rings. The topological polar surface area (TPSA) is 87.5 Å². The Bertz CT molecular complexity index is 329. The first-order valence-electron chi connectivity index (χ1n) is 7.23. The van der Waals surface area contributed by atoms with Gasteiger partial charge in [0.1, 0.15) is 0 Å². The summed E-state index contributed by atoms with van der Waals surface area (Å²) in [5.74, 6) is -0.220. The maximum absolute atomic E-state index is 11.8. The molecule has 4 N–H and O–H groups in total. The zero-order valence-corrected chi connectivity index (χ0v) is 11.4. The first-order chi connectivity index (χ1) is 9.19. The van der Waals surface area contributed by atoms with Gasteiger partial charge in [-0.25, -0.2) is 4.79 Å². The highest BCUT2D eigenvalue weighted by molar-refractivity contribution is 5.95. The van der Waals surface area contributed by atoms with E-state index < -0.39 is 0 Å². The number of piperidine rings is 1. The molecule has 3 amide bonds. The second kappa shape index (κ2) is 6.86. The number of likely N-dealkylation sites (tertiary alicyclic amines) is 1. The maximum atomic E-state index is 11.8. The van der Waals surface area contributed by atoms with Crippen LogP contribution in [-0.4, -0.2) is 48.6 Å². The molecule has 108 valence electrons. The summed E-state index contributed by atoms with van der Waals surface area (Å²) in [5.41, 5.74) is 5.60. The third-order valence-corrected chi connectivity index (χ3v) is 3.76. The highest BCUT2D eigenvalue weighted by Gasteiger charge is 2.26. The Morgan fingerprint density at radius 1 is 1.21 bits per heavy atom. The predicted octanol–water partition coefficient (Wildman–Crippen LogP) is 0.178. The number of nitrogens with one attached hydrogen (secondary N) is 2. The van der Waals surface area contributed by atoms with E-state index in [9.17, 15) is 9.59 Å². The van der Waals surface area contributed by atoms with Crippen LogP contribution in [0, 0.1) is 0 Å². The fourth-order valence-electron chi connectivity index (χ4n) is 2.59. The van der Waals surface area contributed by atoms with Gasteiger partial charge in [-0.1, -0.05) is 6.42 Å². The summed E-state index contributed by atoms with van der Waals surface area (Å²) in [6, 6.07) is 0.295. The van der Waals surface area contributed by atoms with Crippen LogP contribution in [0.3, 0.4) is 0 Å². The Morgan fingerprint density at radius 2 is 2.00 bits per heavy atom. The largest absolute Gasteiger partial charge is 0.335 e. The van der Waals surface area contributed by atoms with Gasteiger partial charge in [-0.2, -0.15) is 0 Å². The zero-order valence-electron chi connectivity index (χ0n) is 11.4. The van der Waals surface area contributed by atoms with E-state index in [1.54, 1.807) is 0 Å². The molecule has 1 saturated carbocycles. The van der Waals surface area contributed by atoms with Gasteiger partial charge in [0, 0.05) is 12.1 Å². The molecule has 1 unspecified atom stereocenters. The lowest BCUT2D eigenvalue weighted by Crippen LogP contribution is -2.49. The monoisotopic (exact) mass is 268 g/mol. The molecule has 1 heterocycles. The number of nitrogens with two attached hydrogens (primary N) is 1. The van der Waals surface area contributed by atoms with Crippen molar-refractivity contribution in [3.63, 3.8) is 0 Å². The summed E-state index contributed by atoms with van der Waals surface area (Å²) >= 11 is 0. The van der Waals surface area contributed by atoms with Crippen LogP contribution in [0.4, 0.5) is 4.79 Å². The van der Waals surface area contributed by atoms with E-state index in [2.05, 4.69) is 15.5 Å². The van der Waals surface area contributed by atoms with Crippen LogP contribution in [0.25, 0.3) is 0 Å². The van der Waals surface area contributed by atoms with Gasteiger partial charge in [-0.15, -0.1) is 0 Å². The minimum Gasteiger partial charge on any atom is -0.335 e. The number of imide groups is 1. The van der Waals surface area contributed by atoms with Crippen molar-refractivity contribution in [1.29, 1.82) is 0 Å². The van der Waals surface area contributed by atoms with Crippen molar-refractivity contribution in [1.82, 2.24) is 15.5 Å². The van der Waals surface area contributed by atoms with E-state index >= 15 is 0 Å². The molecule has 1 atom stereocenters. The van der Waals surface area contributed by atoms with Gasteiger partial charge in [0.05, 0.1) is 6.54 Å². The van der Waals surface area contributed by atoms with E-state index in [1.807, 2.05) is 0 Å². The normalized spacial score (nSPS) is 23.9. The number of amides is 3. The summed E-state index contributed by atoms with van der Waals surface area (Å²) in [7, 11) is 0. The average molecular weight is 268 g/mol. The Kier molecular flexibility index (Phi) is 5.15. The van der Waals surface area contributed by atoms with Crippen LogP contribution in [-0.2, 0) is 4.79 Å². The molecular formula is C13H24N4O2. The molecule has 2 rings (SSSR count). The molecule has 2 fully saturated rings. The number of nitrogens with zero attached hydrogens (tertiary/aromatic N) is 1. The van der Waals surface area contributed by atoms with Crippen molar-refractivity contribution < 1.29 is 9.59 Å². The van der Waals surface area contributed by atoms with Crippen molar-refractivity contribution in [3.8, 4) is 0 Å². The quantitative estimate of drug-likeness (QED) is 0.663. The smallest absolute Gasteiger partial charge is 0.321 e. The molecule has 1 aliphatic heterocycles. The number of rotatable bonds is 5. The lowest BCUT2D eigenvalue weighted by atomic mass is 9.99. The molecule has 0 spiro atoms. The number of hydrogen-bond acceptors (Lipinski definition) is 4. The first kappa shape index (κ1) is 14.3.